The molecule has 3 rings (SSSR count). The molecule has 4 nitrogen and oxygen atoms in total. The summed E-state index contributed by atoms with van der Waals surface area (Å²) in [6, 6.07) is 0. The summed E-state index contributed by atoms with van der Waals surface area (Å²) in [4.78, 5) is 8.71. The summed E-state index contributed by atoms with van der Waals surface area (Å²) in [6.07, 6.45) is 0. The van der Waals surface area contributed by atoms with Crippen LogP contribution in [0.2, 0.25) is 0 Å². The van der Waals surface area contributed by atoms with E-state index in [0.29, 0.717) is 0 Å². The van der Waals surface area contributed by atoms with Crippen molar-refractivity contribution in [3.05, 3.63) is 10.1 Å². The molecule has 0 aromatic carbocycles. The van der Waals surface area contributed by atoms with Gasteiger partial charge in [0.2, 0.25) is 10.0 Å². The Morgan fingerprint density at radius 2 is 1.75 bits per heavy atom. The van der Waals surface area contributed by atoms with Crippen molar-refractivity contribution in [2.45, 2.75) is 15.0 Å². The third-order valence-electron chi connectivity index (χ3n) is 3.28. The van der Waals surface area contributed by atoms with Crippen molar-refractivity contribution < 1.29 is 13.2 Å². The molecule has 3 aliphatic rings. The van der Waals surface area contributed by atoms with Crippen LogP contribution < -0.4 is 4.72 Å². The lowest BCUT2D eigenvalue weighted by Gasteiger charge is -2.25. The van der Waals surface area contributed by atoms with Gasteiger partial charge in [0.15, 0.2) is 4.87 Å². The van der Waals surface area contributed by atoms with Gasteiger partial charge in [-0.2, -0.15) is 0 Å². The quantitative estimate of drug-likeness (QED) is 0.679. The van der Waals surface area contributed by atoms with Gasteiger partial charge in [-0.1, -0.05) is 23.2 Å². The minimum absolute atomic E-state index is 0.0424. The fourth-order valence-corrected chi connectivity index (χ4v) is 6.65. The molecular formula is C7H3Cl4NO3S. The Bertz CT molecular complexity index is 572. The predicted octanol–water partition coefficient (Wildman–Crippen LogP) is 1.10. The van der Waals surface area contributed by atoms with E-state index >= 15 is 0 Å². The van der Waals surface area contributed by atoms with Crippen molar-refractivity contribution in [2.75, 3.05) is 0 Å². The number of rotatable bonds is 0. The first kappa shape index (κ1) is 11.4. The minimum atomic E-state index is -3.89. The van der Waals surface area contributed by atoms with Crippen molar-refractivity contribution in [1.82, 2.24) is 4.72 Å². The van der Waals surface area contributed by atoms with Gasteiger partial charge in [0, 0.05) is 5.92 Å². The number of hydrogen-bond acceptors (Lipinski definition) is 3. The van der Waals surface area contributed by atoms with E-state index in [0.717, 1.165) is 0 Å². The van der Waals surface area contributed by atoms with Crippen LogP contribution in [0.3, 0.4) is 0 Å². The summed E-state index contributed by atoms with van der Waals surface area (Å²) in [5, 5.41) is -1.23. The van der Waals surface area contributed by atoms with Crippen LogP contribution in [0.15, 0.2) is 10.1 Å². The summed E-state index contributed by atoms with van der Waals surface area (Å²) < 4.78 is 25.2. The van der Waals surface area contributed by atoms with E-state index in [1.165, 1.54) is 0 Å². The first-order valence-electron chi connectivity index (χ1n) is 4.18. The van der Waals surface area contributed by atoms with E-state index in [2.05, 4.69) is 0 Å². The highest BCUT2D eigenvalue weighted by Gasteiger charge is 2.90. The summed E-state index contributed by atoms with van der Waals surface area (Å²) in [7, 11) is -3.89. The van der Waals surface area contributed by atoms with Gasteiger partial charge in [0.05, 0.1) is 10.1 Å². The molecule has 1 N–H and O–H groups in total. The van der Waals surface area contributed by atoms with Crippen LogP contribution in [-0.2, 0) is 14.8 Å². The Morgan fingerprint density at radius 1 is 1.19 bits per heavy atom. The lowest BCUT2D eigenvalue weighted by molar-refractivity contribution is -0.120. The molecule has 0 unspecified atom stereocenters. The molecule has 88 valence electrons. The number of alkyl halides is 2. The molecule has 2 aliphatic carbocycles. The maximum absolute atomic E-state index is 11.7. The molecule has 0 aromatic heterocycles. The summed E-state index contributed by atoms with van der Waals surface area (Å²) in [5.41, 5.74) is 0. The maximum atomic E-state index is 11.7. The molecular weight excluding hydrogens is 320 g/mol. The molecule has 1 saturated heterocycles. The van der Waals surface area contributed by atoms with Gasteiger partial charge in [-0.05, 0) is 0 Å². The van der Waals surface area contributed by atoms with Crippen LogP contribution in [0, 0.1) is 5.92 Å². The molecule has 4 atom stereocenters. The van der Waals surface area contributed by atoms with Gasteiger partial charge in [-0.25, -0.2) is 8.42 Å². The van der Waals surface area contributed by atoms with Crippen LogP contribution in [-0.4, -0.2) is 29.3 Å². The Balaban J connectivity index is 2.31. The standard InChI is InChI=1S/C7H3Cl4NO3S/c8-1-2-3-6(10,4(1)9)7(3,11)5(13)12-16(2,14)15/h2-3H,(H,12,13)/t2-,3-,6-,7+/m0/s1. The Hall–Kier alpha value is 0.320. The van der Waals surface area contributed by atoms with Gasteiger partial charge < -0.3 is 0 Å². The number of amides is 1. The normalized spacial score (nSPS) is 52.4. The SMILES string of the molecule is O=C1NS(=O)(=O)[C@H]2C(Cl)=C(Cl)[C@@]3(Cl)[C@H]2[C@@]13Cl. The number of carbonyl (C=O) groups is 1. The van der Waals surface area contributed by atoms with Crippen molar-refractivity contribution in [1.29, 1.82) is 0 Å². The first-order valence-corrected chi connectivity index (χ1v) is 7.24. The van der Waals surface area contributed by atoms with E-state index in [1.807, 2.05) is 4.72 Å². The predicted molar refractivity (Wildman–Crippen MR) is 60.2 cm³/mol. The van der Waals surface area contributed by atoms with Crippen molar-refractivity contribution in [3.63, 3.8) is 0 Å². The summed E-state index contributed by atoms with van der Waals surface area (Å²) >= 11 is 23.8. The monoisotopic (exact) mass is 321 g/mol. The molecule has 0 aromatic rings. The number of hydrogen-bond donors (Lipinski definition) is 1. The topological polar surface area (TPSA) is 63.2 Å². The molecule has 1 heterocycles. The number of sulfonamides is 1. The van der Waals surface area contributed by atoms with E-state index in [9.17, 15) is 13.2 Å². The molecule has 0 spiro atoms. The molecule has 1 amide bonds. The second-order valence-electron chi connectivity index (χ2n) is 3.96. The lowest BCUT2D eigenvalue weighted by Crippen LogP contribution is -2.51. The van der Waals surface area contributed by atoms with Crippen molar-refractivity contribution in [2.24, 2.45) is 5.92 Å². The second-order valence-corrected chi connectivity index (χ2v) is 7.74. The third-order valence-corrected chi connectivity index (χ3v) is 7.70. The van der Waals surface area contributed by atoms with Gasteiger partial charge in [-0.15, -0.1) is 23.2 Å². The number of carbonyl (C=O) groups excluding carboxylic acids is 1. The zero-order valence-electron chi connectivity index (χ0n) is 7.30. The van der Waals surface area contributed by atoms with E-state index in [-0.39, 0.29) is 10.1 Å². The largest absolute Gasteiger partial charge is 0.272 e. The van der Waals surface area contributed by atoms with Gasteiger partial charge >= 0.3 is 0 Å². The van der Waals surface area contributed by atoms with E-state index in [4.69, 9.17) is 46.4 Å². The maximum Gasteiger partial charge on any atom is 0.257 e. The first-order chi connectivity index (χ1) is 7.19. The molecule has 9 heteroatoms. The fraction of sp³-hybridized carbons (Fsp3) is 0.571. The van der Waals surface area contributed by atoms with Crippen LogP contribution in [0.4, 0.5) is 0 Å². The minimum Gasteiger partial charge on any atom is -0.272 e. The second kappa shape index (κ2) is 2.67. The van der Waals surface area contributed by atoms with Crippen molar-refractivity contribution >= 4 is 62.3 Å². The molecule has 16 heavy (non-hydrogen) atoms. The van der Waals surface area contributed by atoms with Gasteiger partial charge in [0.1, 0.15) is 10.1 Å². The summed E-state index contributed by atoms with van der Waals surface area (Å²) in [5.74, 6) is -1.63. The third kappa shape index (κ3) is 0.861. The average molecular weight is 323 g/mol. The smallest absolute Gasteiger partial charge is 0.257 e. The van der Waals surface area contributed by atoms with E-state index < -0.39 is 36.8 Å². The Kier molecular flexibility index (Phi) is 1.90. The highest BCUT2D eigenvalue weighted by atomic mass is 35.5. The lowest BCUT2D eigenvalue weighted by atomic mass is 10.2. The van der Waals surface area contributed by atoms with Crippen LogP contribution in [0.1, 0.15) is 0 Å². The highest BCUT2D eigenvalue weighted by molar-refractivity contribution is 7.91. The molecule has 0 bridgehead atoms. The van der Waals surface area contributed by atoms with Crippen LogP contribution >= 0.6 is 46.4 Å². The highest BCUT2D eigenvalue weighted by Crippen LogP contribution is 2.76. The zero-order chi connectivity index (χ0) is 12.1. The Morgan fingerprint density at radius 3 is 2.31 bits per heavy atom. The number of nitrogens with one attached hydrogen (secondary N) is 1. The number of fused-ring (bicyclic) bond motifs is 1. The Labute approximate surface area is 111 Å². The van der Waals surface area contributed by atoms with Crippen molar-refractivity contribution in [3.8, 4) is 0 Å². The van der Waals surface area contributed by atoms with Gasteiger partial charge in [-0.3, -0.25) is 9.52 Å². The zero-order valence-corrected chi connectivity index (χ0v) is 11.1. The van der Waals surface area contributed by atoms with E-state index in [1.54, 1.807) is 0 Å². The molecule has 2 fully saturated rings. The molecule has 0 radical (unpaired) electrons. The average Bonchev–Trinajstić information content (AvgIpc) is 2.56. The summed E-state index contributed by atoms with van der Waals surface area (Å²) in [6.45, 7) is 0. The molecule has 1 saturated carbocycles. The number of allylic oxidation sites excluding steroid dienone is 1. The van der Waals surface area contributed by atoms with Gasteiger partial charge in [0.25, 0.3) is 5.91 Å². The van der Waals surface area contributed by atoms with Crippen LogP contribution in [0.5, 0.6) is 0 Å². The fourth-order valence-electron chi connectivity index (χ4n) is 2.48. The number of halogens is 4. The van der Waals surface area contributed by atoms with Crippen LogP contribution in [0.25, 0.3) is 0 Å². The molecule has 1 aliphatic heterocycles.